The molecule has 0 saturated carbocycles. The van der Waals surface area contributed by atoms with Crippen molar-refractivity contribution in [3.8, 4) is 0 Å². The Hall–Kier alpha value is -1.10. The summed E-state index contributed by atoms with van der Waals surface area (Å²) in [5, 5.41) is 12.7. The van der Waals surface area contributed by atoms with Crippen LogP contribution in [0, 0.1) is 0 Å². The van der Waals surface area contributed by atoms with Crippen molar-refractivity contribution in [3.63, 3.8) is 0 Å². The third kappa shape index (κ3) is 3.93. The number of halogens is 1. The second kappa shape index (κ2) is 6.89. The average molecular weight is 283 g/mol. The molecule has 1 saturated heterocycles. The Kier molecular flexibility index (Phi) is 5.19. The molecule has 1 amide bonds. The molecule has 0 bridgehead atoms. The first kappa shape index (κ1) is 14.3. The molecule has 5 heteroatoms. The lowest BCUT2D eigenvalue weighted by Gasteiger charge is -2.33. The molecule has 2 rings (SSSR count). The van der Waals surface area contributed by atoms with Gasteiger partial charge in [-0.05, 0) is 31.5 Å². The van der Waals surface area contributed by atoms with Crippen LogP contribution < -0.4 is 5.32 Å². The van der Waals surface area contributed by atoms with Crippen molar-refractivity contribution >= 4 is 23.2 Å². The number of nitrogens with one attached hydrogen (secondary N) is 1. The molecule has 1 fully saturated rings. The van der Waals surface area contributed by atoms with E-state index < -0.39 is 0 Å². The molecule has 0 radical (unpaired) electrons. The van der Waals surface area contributed by atoms with Gasteiger partial charge in [0.2, 0.25) is 5.91 Å². The Morgan fingerprint density at radius 1 is 1.42 bits per heavy atom. The molecule has 1 heterocycles. The van der Waals surface area contributed by atoms with Gasteiger partial charge in [0.25, 0.3) is 0 Å². The number of rotatable bonds is 4. The number of hydrogen-bond acceptors (Lipinski definition) is 3. The van der Waals surface area contributed by atoms with Crippen LogP contribution in [0.25, 0.3) is 0 Å². The number of anilines is 1. The number of piperidine rings is 1. The lowest BCUT2D eigenvalue weighted by Crippen LogP contribution is -2.45. The second-order valence-electron chi connectivity index (χ2n) is 4.83. The number of amides is 1. The molecule has 1 aromatic rings. The van der Waals surface area contributed by atoms with Crippen molar-refractivity contribution in [2.24, 2.45) is 0 Å². The van der Waals surface area contributed by atoms with E-state index >= 15 is 0 Å². The lowest BCUT2D eigenvalue weighted by atomic mass is 10.0. The van der Waals surface area contributed by atoms with E-state index in [-0.39, 0.29) is 18.6 Å². The summed E-state index contributed by atoms with van der Waals surface area (Å²) in [6, 6.07) is 7.28. The van der Waals surface area contributed by atoms with Crippen molar-refractivity contribution in [2.45, 2.75) is 25.3 Å². The normalized spacial score (nSPS) is 20.2. The summed E-state index contributed by atoms with van der Waals surface area (Å²) in [5.41, 5.74) is 0.631. The molecule has 1 atom stereocenters. The van der Waals surface area contributed by atoms with E-state index in [1.165, 1.54) is 0 Å². The van der Waals surface area contributed by atoms with E-state index in [0.717, 1.165) is 25.8 Å². The number of carbonyl (C=O) groups is 1. The smallest absolute Gasteiger partial charge is 0.238 e. The molecule has 2 N–H and O–H groups in total. The van der Waals surface area contributed by atoms with Gasteiger partial charge in [-0.15, -0.1) is 0 Å². The topological polar surface area (TPSA) is 52.6 Å². The zero-order chi connectivity index (χ0) is 13.7. The molecule has 1 unspecified atom stereocenters. The Balaban J connectivity index is 1.92. The molecule has 0 aliphatic carbocycles. The number of aliphatic hydroxyl groups excluding tert-OH is 1. The zero-order valence-corrected chi connectivity index (χ0v) is 11.6. The Labute approximate surface area is 118 Å². The monoisotopic (exact) mass is 282 g/mol. The minimum Gasteiger partial charge on any atom is -0.395 e. The van der Waals surface area contributed by atoms with Crippen LogP contribution in [0.1, 0.15) is 19.3 Å². The lowest BCUT2D eigenvalue weighted by molar-refractivity contribution is -0.118. The highest BCUT2D eigenvalue weighted by Crippen LogP contribution is 2.21. The third-order valence-electron chi connectivity index (χ3n) is 3.45. The van der Waals surface area contributed by atoms with E-state index in [1.807, 2.05) is 17.0 Å². The van der Waals surface area contributed by atoms with E-state index in [2.05, 4.69) is 5.32 Å². The van der Waals surface area contributed by atoms with Crippen molar-refractivity contribution in [1.82, 2.24) is 4.90 Å². The first-order valence-corrected chi connectivity index (χ1v) is 6.98. The summed E-state index contributed by atoms with van der Waals surface area (Å²) < 4.78 is 0. The maximum Gasteiger partial charge on any atom is 0.238 e. The Morgan fingerprint density at radius 3 is 2.95 bits per heavy atom. The van der Waals surface area contributed by atoms with E-state index in [0.29, 0.717) is 17.3 Å². The summed E-state index contributed by atoms with van der Waals surface area (Å²) >= 11 is 6.00. The first-order valence-electron chi connectivity index (χ1n) is 6.60. The van der Waals surface area contributed by atoms with Crippen LogP contribution in [-0.2, 0) is 4.79 Å². The molecule has 4 nitrogen and oxygen atoms in total. The standard InChI is InChI=1S/C14H19ClN2O2/c15-12-6-1-2-7-13(12)16-14(19)9-17-8-4-3-5-11(17)10-18/h1-2,6-7,11,18H,3-5,8-10H2,(H,16,19). The molecule has 1 aliphatic heterocycles. The third-order valence-corrected chi connectivity index (χ3v) is 3.78. The van der Waals surface area contributed by atoms with Gasteiger partial charge in [0, 0.05) is 6.04 Å². The van der Waals surface area contributed by atoms with E-state index in [4.69, 9.17) is 11.6 Å². The Bertz CT molecular complexity index is 439. The fourth-order valence-electron chi connectivity index (χ4n) is 2.41. The number of nitrogens with zero attached hydrogens (tertiary/aromatic N) is 1. The van der Waals surface area contributed by atoms with Gasteiger partial charge in [0.05, 0.1) is 23.9 Å². The van der Waals surface area contributed by atoms with Crippen LogP contribution in [0.4, 0.5) is 5.69 Å². The summed E-state index contributed by atoms with van der Waals surface area (Å²) in [7, 11) is 0. The van der Waals surface area contributed by atoms with Gasteiger partial charge in [-0.1, -0.05) is 30.2 Å². The highest BCUT2D eigenvalue weighted by Gasteiger charge is 2.23. The molecular formula is C14H19ClN2O2. The van der Waals surface area contributed by atoms with Gasteiger partial charge in [-0.2, -0.15) is 0 Å². The van der Waals surface area contributed by atoms with Gasteiger partial charge in [0.15, 0.2) is 0 Å². The van der Waals surface area contributed by atoms with Crippen LogP contribution in [0.3, 0.4) is 0 Å². The minimum absolute atomic E-state index is 0.0894. The van der Waals surface area contributed by atoms with E-state index in [9.17, 15) is 9.90 Å². The van der Waals surface area contributed by atoms with Crippen LogP contribution in [0.2, 0.25) is 5.02 Å². The zero-order valence-electron chi connectivity index (χ0n) is 10.8. The fraction of sp³-hybridized carbons (Fsp3) is 0.500. The largest absolute Gasteiger partial charge is 0.395 e. The molecule has 104 valence electrons. The number of benzene rings is 1. The summed E-state index contributed by atoms with van der Waals surface area (Å²) in [6.07, 6.45) is 3.15. The van der Waals surface area contributed by atoms with Crippen LogP contribution in [0.15, 0.2) is 24.3 Å². The van der Waals surface area contributed by atoms with Gasteiger partial charge in [-0.25, -0.2) is 0 Å². The van der Waals surface area contributed by atoms with Crippen molar-refractivity contribution in [1.29, 1.82) is 0 Å². The van der Waals surface area contributed by atoms with Crippen molar-refractivity contribution in [2.75, 3.05) is 25.0 Å². The highest BCUT2D eigenvalue weighted by atomic mass is 35.5. The average Bonchev–Trinajstić information content (AvgIpc) is 2.42. The highest BCUT2D eigenvalue weighted by molar-refractivity contribution is 6.33. The Morgan fingerprint density at radius 2 is 2.21 bits per heavy atom. The molecular weight excluding hydrogens is 264 g/mol. The number of hydrogen-bond donors (Lipinski definition) is 2. The molecule has 0 spiro atoms. The number of likely N-dealkylation sites (tertiary alicyclic amines) is 1. The molecule has 0 aromatic heterocycles. The maximum absolute atomic E-state index is 12.0. The SMILES string of the molecule is O=C(CN1CCCCC1CO)Nc1ccccc1Cl. The predicted octanol–water partition coefficient (Wildman–Crippen LogP) is 2.13. The minimum atomic E-state index is -0.0894. The first-order chi connectivity index (χ1) is 9.20. The van der Waals surface area contributed by atoms with Crippen molar-refractivity contribution in [3.05, 3.63) is 29.3 Å². The van der Waals surface area contributed by atoms with Gasteiger partial charge in [-0.3, -0.25) is 9.69 Å². The van der Waals surface area contributed by atoms with Crippen LogP contribution in [0.5, 0.6) is 0 Å². The molecule has 19 heavy (non-hydrogen) atoms. The quantitative estimate of drug-likeness (QED) is 0.889. The van der Waals surface area contributed by atoms with Crippen LogP contribution >= 0.6 is 11.6 Å². The van der Waals surface area contributed by atoms with Gasteiger partial charge in [0.1, 0.15) is 0 Å². The number of carbonyl (C=O) groups excluding carboxylic acids is 1. The van der Waals surface area contributed by atoms with Crippen LogP contribution in [-0.4, -0.2) is 41.7 Å². The summed E-state index contributed by atoms with van der Waals surface area (Å²) in [6.45, 7) is 1.27. The van der Waals surface area contributed by atoms with Crippen molar-refractivity contribution < 1.29 is 9.90 Å². The van der Waals surface area contributed by atoms with Gasteiger partial charge >= 0.3 is 0 Å². The number of aliphatic hydroxyl groups is 1. The predicted molar refractivity (Wildman–Crippen MR) is 76.4 cm³/mol. The second-order valence-corrected chi connectivity index (χ2v) is 5.24. The maximum atomic E-state index is 12.0. The summed E-state index contributed by atoms with van der Waals surface area (Å²) in [5.74, 6) is -0.0894. The molecule has 1 aliphatic rings. The molecule has 1 aromatic carbocycles. The number of para-hydroxylation sites is 1. The summed E-state index contributed by atoms with van der Waals surface area (Å²) in [4.78, 5) is 14.0. The fourth-order valence-corrected chi connectivity index (χ4v) is 2.59. The van der Waals surface area contributed by atoms with Gasteiger partial charge < -0.3 is 10.4 Å². The van der Waals surface area contributed by atoms with E-state index in [1.54, 1.807) is 12.1 Å².